The van der Waals surface area contributed by atoms with Crippen LogP contribution in [-0.4, -0.2) is 164 Å². The number of aryl methyl sites for hydroxylation is 6. The summed E-state index contributed by atoms with van der Waals surface area (Å²) in [7, 11) is 0. The number of benzene rings is 3. The highest BCUT2D eigenvalue weighted by molar-refractivity contribution is 7.14. The zero-order chi connectivity index (χ0) is 82.6. The molecule has 3 aliphatic carbocycles. The van der Waals surface area contributed by atoms with Crippen LogP contribution < -0.4 is 5.73 Å². The normalized spacial score (nSPS) is 21.7. The van der Waals surface area contributed by atoms with Crippen molar-refractivity contribution in [1.29, 1.82) is 0 Å². The molecule has 0 bridgehead atoms. The molecule has 29 heteroatoms. The van der Waals surface area contributed by atoms with Crippen LogP contribution in [-0.2, 0) is 57.5 Å². The number of aliphatic hydroxyl groups excluding tert-OH is 9. The molecule has 1 amide bonds. The minimum atomic E-state index is -1.12. The Bertz CT molecular complexity index is 3840. The second-order valence-corrected chi connectivity index (χ2v) is 38.8. The third kappa shape index (κ3) is 30.2. The van der Waals surface area contributed by atoms with Crippen molar-refractivity contribution in [3.05, 3.63) is 167 Å². The Hall–Kier alpha value is -3.11. The van der Waals surface area contributed by atoms with E-state index >= 15 is 0 Å². The Morgan fingerprint density at radius 2 is 0.681 bits per heavy atom. The molecular weight excluding hydrogens is 1690 g/mol. The minimum absolute atomic E-state index is 0.00400. The molecule has 11 N–H and O–H groups in total. The molecule has 3 aromatic carbocycles. The summed E-state index contributed by atoms with van der Waals surface area (Å²) in [5, 5.41) is 93.4. The number of hydrogen-bond acceptors (Lipinski definition) is 19. The summed E-state index contributed by atoms with van der Waals surface area (Å²) < 4.78 is 16.2. The molecule has 6 aromatic rings. The first-order valence-corrected chi connectivity index (χ1v) is 45.0. The fourth-order valence-electron chi connectivity index (χ4n) is 15.5. The van der Waals surface area contributed by atoms with E-state index in [2.05, 4.69) is 0 Å². The number of primary amides is 1. The Morgan fingerprint density at radius 3 is 0.947 bits per heavy atom. The number of hydrogen-bond donors (Lipinski definition) is 10. The number of amides is 1. The molecule has 0 unspecified atom stereocenters. The molecule has 3 fully saturated rings. The van der Waals surface area contributed by atoms with E-state index in [0.29, 0.717) is 76.9 Å². The van der Waals surface area contributed by atoms with Crippen molar-refractivity contribution in [1.82, 2.24) is 0 Å². The van der Waals surface area contributed by atoms with Gasteiger partial charge in [-0.2, -0.15) is 0 Å². The maximum absolute atomic E-state index is 12.6. The molecule has 3 heterocycles. The number of halogens is 9. The SMILES string of the molecule is CCC(CO)(CO)COC(=O)c1ccc(CCC[C@@H]2[C@@H](CCc3cc(Cl)cc(Cl)c3)[C@H](O)C[C@H]2Cl)s1.CCCCC(CO)(CO)COC(=O)c1ccc(CCC[C@@H]2[C@@H](CCc3cc(Cl)cc(Cl)c3)[C@H](O)C[C@H]2Cl)s1.NC(=O)CCC(CO)(CO)COC(=O)c1ccc(CCC[C@@H]2[C@@H](CCc3cc(Cl)cc(Cl)c3)[C@H](O)C[C@H]2Cl)s1. The number of carbonyl (C=O) groups is 4. The summed E-state index contributed by atoms with van der Waals surface area (Å²) in [6.07, 6.45) is 16.0. The molecule has 12 atom stereocenters. The first kappa shape index (κ1) is 97.0. The van der Waals surface area contributed by atoms with Crippen LogP contribution in [0.4, 0.5) is 0 Å². The molecule has 0 aliphatic heterocycles. The maximum Gasteiger partial charge on any atom is 0.348 e. The molecule has 17 nitrogen and oxygen atoms in total. The summed E-state index contributed by atoms with van der Waals surface area (Å²) in [5.74, 6) is -1.00. The Labute approximate surface area is 722 Å². The molecule has 0 spiro atoms. The summed E-state index contributed by atoms with van der Waals surface area (Å²) in [6.45, 7) is 1.83. The highest BCUT2D eigenvalue weighted by Gasteiger charge is 2.44. The number of carbonyl (C=O) groups excluding carboxylic acids is 4. The number of esters is 3. The van der Waals surface area contributed by atoms with Gasteiger partial charge < -0.3 is 65.9 Å². The van der Waals surface area contributed by atoms with Crippen LogP contribution in [0, 0.1) is 51.8 Å². The second-order valence-electron chi connectivity index (χ2n) is 31.0. The van der Waals surface area contributed by atoms with Gasteiger partial charge in [0.05, 0.1) is 74.2 Å². The van der Waals surface area contributed by atoms with Gasteiger partial charge in [0, 0.05) is 67.3 Å². The van der Waals surface area contributed by atoms with E-state index in [1.807, 2.05) is 68.4 Å². The van der Waals surface area contributed by atoms with Crippen LogP contribution >= 0.6 is 138 Å². The number of aliphatic hydroxyl groups is 9. The smallest absolute Gasteiger partial charge is 0.348 e. The molecule has 628 valence electrons. The predicted octanol–water partition coefficient (Wildman–Crippen LogP) is 18.1. The van der Waals surface area contributed by atoms with Crippen LogP contribution in [0.15, 0.2) is 91.0 Å². The lowest BCUT2D eigenvalue weighted by atomic mass is 9.85. The van der Waals surface area contributed by atoms with Crippen molar-refractivity contribution in [2.24, 2.45) is 57.5 Å². The Balaban J connectivity index is 0.000000235. The Morgan fingerprint density at radius 1 is 0.398 bits per heavy atom. The topological polar surface area (TPSA) is 304 Å². The maximum atomic E-state index is 12.6. The van der Waals surface area contributed by atoms with Crippen molar-refractivity contribution in [2.45, 2.75) is 202 Å². The summed E-state index contributed by atoms with van der Waals surface area (Å²) >= 11 is 60.9. The van der Waals surface area contributed by atoms with Crippen LogP contribution in [0.25, 0.3) is 0 Å². The van der Waals surface area contributed by atoms with Crippen LogP contribution in [0.1, 0.15) is 190 Å². The van der Waals surface area contributed by atoms with Gasteiger partial charge in [-0.05, 0) is 278 Å². The number of alkyl halides is 3. The molecule has 113 heavy (non-hydrogen) atoms. The van der Waals surface area contributed by atoms with Crippen molar-refractivity contribution in [3.63, 3.8) is 0 Å². The van der Waals surface area contributed by atoms with Gasteiger partial charge in [0.15, 0.2) is 0 Å². The van der Waals surface area contributed by atoms with Gasteiger partial charge in [-0.3, -0.25) is 4.79 Å². The van der Waals surface area contributed by atoms with Gasteiger partial charge in [0.2, 0.25) is 5.91 Å². The predicted molar refractivity (Wildman–Crippen MR) is 457 cm³/mol. The zero-order valence-electron chi connectivity index (χ0n) is 64.0. The lowest BCUT2D eigenvalue weighted by Crippen LogP contribution is -2.37. The fraction of sp³-hybridized carbons (Fsp3) is 0.595. The first-order chi connectivity index (χ1) is 53.9. The summed E-state index contributed by atoms with van der Waals surface area (Å²) in [6, 6.07) is 27.6. The third-order valence-corrected chi connectivity index (χ3v) is 28.9. The van der Waals surface area contributed by atoms with Gasteiger partial charge in [-0.25, -0.2) is 14.4 Å². The van der Waals surface area contributed by atoms with Gasteiger partial charge in [-0.1, -0.05) is 96.3 Å². The van der Waals surface area contributed by atoms with Gasteiger partial charge in [0.1, 0.15) is 34.5 Å². The van der Waals surface area contributed by atoms with E-state index in [0.717, 1.165) is 140 Å². The van der Waals surface area contributed by atoms with E-state index in [9.17, 15) is 65.1 Å². The van der Waals surface area contributed by atoms with E-state index < -0.39 is 71.6 Å². The largest absolute Gasteiger partial charge is 0.461 e. The van der Waals surface area contributed by atoms with Crippen LogP contribution in [0.5, 0.6) is 0 Å². The van der Waals surface area contributed by atoms with Crippen LogP contribution in [0.3, 0.4) is 0 Å². The molecule has 3 aromatic heterocycles. The molecule has 3 aliphatic rings. The average molecular weight is 1810 g/mol. The highest BCUT2D eigenvalue weighted by atomic mass is 35.5. The fourth-order valence-corrected chi connectivity index (χ4v) is 21.5. The zero-order valence-corrected chi connectivity index (χ0v) is 73.3. The lowest BCUT2D eigenvalue weighted by molar-refractivity contribution is -0.119. The van der Waals surface area contributed by atoms with E-state index in [-0.39, 0.29) is 111 Å². The summed E-state index contributed by atoms with van der Waals surface area (Å²) in [4.78, 5) is 53.4. The molecular formula is C84H110Cl9NO16S3. The summed E-state index contributed by atoms with van der Waals surface area (Å²) in [5.41, 5.74) is 5.60. The van der Waals surface area contributed by atoms with E-state index in [4.69, 9.17) is 124 Å². The minimum Gasteiger partial charge on any atom is -0.461 e. The third-order valence-electron chi connectivity index (χ3n) is 22.7. The first-order valence-electron chi connectivity index (χ1n) is 39.0. The molecule has 9 rings (SSSR count). The number of ether oxygens (including phenoxy) is 3. The molecule has 0 radical (unpaired) electrons. The number of rotatable bonds is 43. The quantitative estimate of drug-likeness (QED) is 0.00966. The van der Waals surface area contributed by atoms with Crippen molar-refractivity contribution in [3.8, 4) is 0 Å². The Kier molecular flexibility index (Phi) is 41.5. The lowest BCUT2D eigenvalue weighted by Gasteiger charge is -2.28. The highest BCUT2D eigenvalue weighted by Crippen LogP contribution is 2.46. The number of nitrogens with two attached hydrogens (primary N) is 1. The van der Waals surface area contributed by atoms with Crippen molar-refractivity contribution >= 4 is 162 Å². The standard InChI is InChI=1S/C29H39Cl3O5S.C28H36Cl3NO6S.C27H35Cl3O5S/c1-2-3-11-29(16-33,17-34)18-37-28(36)27-10-8-22(38-27)5-4-6-23-24(26(35)15-25(23)32)9-7-19-12-20(30)14-21(31)13-19;29-18-10-17(11-19(30)12-18)4-6-22-21(23(31)13-24(22)35)3-1-2-20-5-7-25(39-20)27(37)38-16-28(14-33,15-34)9-8-26(32)36;1-2-27(14-31,15-32)16-35-26(34)25-9-7-20(36-25)4-3-5-21-22(24(33)13-23(21)30)8-6-17-10-18(28)12-19(29)11-17/h8,10,12-14,23-26,33-35H,2-7,9,11,15-18H2,1H3;5,7,10-12,21-24,33-35H,1-4,6,8-9,13-16H2,(H2,32,36);7,9-12,21-24,31-33H,2-6,8,13-16H2,1H3/t23-,24-,25-,26-;2*21-,22-,23-,24-/m111/s1. The molecule has 3 saturated carbocycles. The van der Waals surface area contributed by atoms with Gasteiger partial charge >= 0.3 is 17.9 Å². The monoisotopic (exact) mass is 1800 g/mol. The molecule has 0 saturated heterocycles. The van der Waals surface area contributed by atoms with Gasteiger partial charge in [-0.15, -0.1) is 68.8 Å². The second kappa shape index (κ2) is 48.4. The average Bonchev–Trinajstić information content (AvgIpc) is 1.84. The van der Waals surface area contributed by atoms with Crippen molar-refractivity contribution in [2.75, 3.05) is 59.5 Å². The van der Waals surface area contributed by atoms with Crippen molar-refractivity contribution < 1.29 is 79.3 Å². The van der Waals surface area contributed by atoms with Gasteiger partial charge in [0.25, 0.3) is 0 Å². The number of thiophene rings is 3. The number of unbranched alkanes of at least 4 members (excludes halogenated alkanes) is 1. The van der Waals surface area contributed by atoms with Crippen LogP contribution in [0.2, 0.25) is 30.1 Å². The van der Waals surface area contributed by atoms with E-state index in [1.165, 1.54) is 34.0 Å². The van der Waals surface area contributed by atoms with E-state index in [1.54, 1.807) is 36.4 Å².